The van der Waals surface area contributed by atoms with Gasteiger partial charge in [0.15, 0.2) is 11.5 Å². The molecule has 0 bridgehead atoms. The van der Waals surface area contributed by atoms with Crippen LogP contribution in [0.15, 0.2) is 91.1 Å². The summed E-state index contributed by atoms with van der Waals surface area (Å²) in [4.78, 5) is 39.0. The van der Waals surface area contributed by atoms with Gasteiger partial charge in [-0.25, -0.2) is 9.97 Å². The Hall–Kier alpha value is -4.56. The molecule has 3 aromatic carbocycles. The second-order valence-corrected chi connectivity index (χ2v) is 9.29. The second kappa shape index (κ2) is 11.7. The van der Waals surface area contributed by atoms with Gasteiger partial charge in [0.2, 0.25) is 0 Å². The number of hydrogen-bond donors (Lipinski definition) is 2. The van der Waals surface area contributed by atoms with Gasteiger partial charge in [-0.1, -0.05) is 72.8 Å². The van der Waals surface area contributed by atoms with E-state index in [0.29, 0.717) is 36.5 Å². The Kier molecular flexibility index (Phi) is 7.70. The van der Waals surface area contributed by atoms with Crippen molar-refractivity contribution in [3.63, 3.8) is 0 Å². The van der Waals surface area contributed by atoms with Gasteiger partial charge in [0, 0.05) is 50.4 Å². The lowest BCUT2D eigenvalue weighted by Crippen LogP contribution is -2.48. The Morgan fingerprint density at radius 2 is 1.53 bits per heavy atom. The minimum absolute atomic E-state index is 0.0993. The molecule has 0 radical (unpaired) electrons. The van der Waals surface area contributed by atoms with Crippen LogP contribution in [0.5, 0.6) is 0 Å². The maximum atomic E-state index is 13.3. The number of nitrogens with one attached hydrogen (secondary N) is 1. The molecule has 0 spiro atoms. The average Bonchev–Trinajstić information content (AvgIpc) is 2.97. The van der Waals surface area contributed by atoms with Gasteiger partial charge >= 0.3 is 0 Å². The summed E-state index contributed by atoms with van der Waals surface area (Å²) in [5.41, 5.74) is 10.2. The molecule has 8 heteroatoms. The fraction of sp³-hybridized carbons (Fsp3) is 0.200. The number of benzene rings is 3. The molecular weight excluding hydrogens is 476 g/mol. The molecule has 1 aromatic heterocycles. The maximum absolute atomic E-state index is 13.3. The van der Waals surface area contributed by atoms with Gasteiger partial charge in [0.1, 0.15) is 0 Å². The highest BCUT2D eigenvalue weighted by atomic mass is 16.2. The highest BCUT2D eigenvalue weighted by Crippen LogP contribution is 2.21. The molecule has 192 valence electrons. The smallest absolute Gasteiger partial charge is 0.276 e. The van der Waals surface area contributed by atoms with Crippen LogP contribution in [0, 0.1) is 0 Å². The molecule has 3 N–H and O–H groups in total. The molecule has 5 rings (SSSR count). The van der Waals surface area contributed by atoms with Gasteiger partial charge in [0.25, 0.3) is 11.8 Å². The summed E-state index contributed by atoms with van der Waals surface area (Å²) in [6.07, 6.45) is 1.53. The van der Waals surface area contributed by atoms with Crippen LogP contribution >= 0.6 is 0 Å². The van der Waals surface area contributed by atoms with Gasteiger partial charge in [0.05, 0.1) is 11.9 Å². The van der Waals surface area contributed by atoms with Gasteiger partial charge in [-0.15, -0.1) is 0 Å². The van der Waals surface area contributed by atoms with Crippen molar-refractivity contribution in [2.75, 3.05) is 31.9 Å². The largest absolute Gasteiger partial charge is 0.382 e. The van der Waals surface area contributed by atoms with Crippen molar-refractivity contribution in [1.82, 2.24) is 25.1 Å². The van der Waals surface area contributed by atoms with Gasteiger partial charge in [-0.2, -0.15) is 0 Å². The first-order valence-corrected chi connectivity index (χ1v) is 12.7. The molecule has 1 saturated heterocycles. The number of carbonyl (C=O) groups is 2. The molecule has 4 aromatic rings. The monoisotopic (exact) mass is 506 g/mol. The van der Waals surface area contributed by atoms with E-state index in [1.165, 1.54) is 11.8 Å². The highest BCUT2D eigenvalue weighted by Gasteiger charge is 2.25. The van der Waals surface area contributed by atoms with Crippen LogP contribution in [-0.4, -0.2) is 57.8 Å². The first-order valence-electron chi connectivity index (χ1n) is 12.7. The van der Waals surface area contributed by atoms with E-state index in [1.807, 2.05) is 54.6 Å². The zero-order chi connectivity index (χ0) is 26.3. The fourth-order valence-electron chi connectivity index (χ4n) is 4.50. The summed E-state index contributed by atoms with van der Waals surface area (Å²) >= 11 is 0. The highest BCUT2D eigenvalue weighted by molar-refractivity contribution is 5.97. The van der Waals surface area contributed by atoms with E-state index in [2.05, 4.69) is 32.3 Å². The second-order valence-electron chi connectivity index (χ2n) is 9.29. The molecule has 0 atom stereocenters. The molecule has 1 aliphatic heterocycles. The minimum Gasteiger partial charge on any atom is -0.382 e. The predicted octanol–water partition coefficient (Wildman–Crippen LogP) is 3.61. The summed E-state index contributed by atoms with van der Waals surface area (Å²) in [5, 5.41) is 2.93. The third-order valence-corrected chi connectivity index (χ3v) is 6.63. The number of nitrogens with two attached hydrogens (primary N) is 1. The number of hydrogen-bond acceptors (Lipinski definition) is 6. The first kappa shape index (κ1) is 25.1. The van der Waals surface area contributed by atoms with E-state index in [-0.39, 0.29) is 23.3 Å². The SMILES string of the molecule is Nc1ncc(-c2cccc(C(=O)NCc3ccccc3)c2)nc1C(=O)N1CCN(Cc2ccccc2)CC1. The van der Waals surface area contributed by atoms with Crippen LogP contribution in [0.1, 0.15) is 32.0 Å². The molecule has 0 aliphatic carbocycles. The van der Waals surface area contributed by atoms with E-state index in [1.54, 1.807) is 23.1 Å². The van der Waals surface area contributed by atoms with Crippen LogP contribution in [0.4, 0.5) is 5.82 Å². The number of nitrogens with zero attached hydrogens (tertiary/aromatic N) is 4. The predicted molar refractivity (Wildman–Crippen MR) is 147 cm³/mol. The molecule has 0 unspecified atom stereocenters. The van der Waals surface area contributed by atoms with Crippen molar-refractivity contribution < 1.29 is 9.59 Å². The van der Waals surface area contributed by atoms with E-state index in [9.17, 15) is 9.59 Å². The van der Waals surface area contributed by atoms with Crippen LogP contribution in [0.2, 0.25) is 0 Å². The van der Waals surface area contributed by atoms with Crippen LogP contribution in [-0.2, 0) is 13.1 Å². The van der Waals surface area contributed by atoms with Crippen molar-refractivity contribution in [3.05, 3.63) is 114 Å². The molecule has 1 fully saturated rings. The number of aromatic nitrogens is 2. The van der Waals surface area contributed by atoms with Crippen LogP contribution in [0.25, 0.3) is 11.3 Å². The Morgan fingerprint density at radius 1 is 0.842 bits per heavy atom. The lowest BCUT2D eigenvalue weighted by molar-refractivity contribution is 0.0623. The number of carbonyl (C=O) groups excluding carboxylic acids is 2. The number of nitrogen functional groups attached to an aromatic ring is 1. The van der Waals surface area contributed by atoms with E-state index in [4.69, 9.17) is 5.73 Å². The van der Waals surface area contributed by atoms with Crippen molar-refractivity contribution in [3.8, 4) is 11.3 Å². The Bertz CT molecular complexity index is 1400. The van der Waals surface area contributed by atoms with Crippen LogP contribution in [0.3, 0.4) is 0 Å². The molecular formula is C30H30N6O2. The van der Waals surface area contributed by atoms with Crippen molar-refractivity contribution in [2.45, 2.75) is 13.1 Å². The van der Waals surface area contributed by atoms with E-state index < -0.39 is 0 Å². The van der Waals surface area contributed by atoms with Gasteiger partial charge < -0.3 is 16.0 Å². The zero-order valence-corrected chi connectivity index (χ0v) is 21.1. The Balaban J connectivity index is 1.25. The van der Waals surface area contributed by atoms with Crippen molar-refractivity contribution in [1.29, 1.82) is 0 Å². The van der Waals surface area contributed by atoms with E-state index >= 15 is 0 Å². The summed E-state index contributed by atoms with van der Waals surface area (Å²) in [7, 11) is 0. The minimum atomic E-state index is -0.229. The summed E-state index contributed by atoms with van der Waals surface area (Å²) in [5.74, 6) is -0.320. The maximum Gasteiger partial charge on any atom is 0.276 e. The standard InChI is InChI=1S/C30H30N6O2/c31-28-27(30(38)36-16-14-35(15-17-36)21-23-10-5-2-6-11-23)34-26(20-32-28)24-12-7-13-25(18-24)29(37)33-19-22-8-3-1-4-9-22/h1-13,18,20H,14-17,19,21H2,(H2,31,32)(H,33,37). The third kappa shape index (κ3) is 6.04. The number of rotatable bonds is 7. The quantitative estimate of drug-likeness (QED) is 0.397. The molecule has 8 nitrogen and oxygen atoms in total. The number of amides is 2. The molecule has 0 saturated carbocycles. The normalized spacial score (nSPS) is 13.7. The lowest BCUT2D eigenvalue weighted by atomic mass is 10.1. The topological polar surface area (TPSA) is 104 Å². The Morgan fingerprint density at radius 3 is 2.24 bits per heavy atom. The summed E-state index contributed by atoms with van der Waals surface area (Å²) in [6, 6.07) is 27.2. The van der Waals surface area contributed by atoms with Crippen LogP contribution < -0.4 is 11.1 Å². The van der Waals surface area contributed by atoms with Crippen molar-refractivity contribution in [2.24, 2.45) is 0 Å². The van der Waals surface area contributed by atoms with Gasteiger partial charge in [-0.05, 0) is 23.3 Å². The summed E-state index contributed by atoms with van der Waals surface area (Å²) in [6.45, 7) is 4.02. The zero-order valence-electron chi connectivity index (χ0n) is 21.1. The first-order chi connectivity index (χ1) is 18.6. The molecule has 1 aliphatic rings. The average molecular weight is 507 g/mol. The molecule has 2 heterocycles. The molecule has 38 heavy (non-hydrogen) atoms. The Labute approximate surface area is 222 Å². The molecule has 2 amide bonds. The lowest BCUT2D eigenvalue weighted by Gasteiger charge is -2.34. The number of anilines is 1. The summed E-state index contributed by atoms with van der Waals surface area (Å²) < 4.78 is 0. The van der Waals surface area contributed by atoms with E-state index in [0.717, 1.165) is 25.2 Å². The third-order valence-electron chi connectivity index (χ3n) is 6.63. The number of piperazine rings is 1. The van der Waals surface area contributed by atoms with Crippen molar-refractivity contribution >= 4 is 17.6 Å². The fourth-order valence-corrected chi connectivity index (χ4v) is 4.50. The van der Waals surface area contributed by atoms with Gasteiger partial charge in [-0.3, -0.25) is 14.5 Å².